The fourth-order valence-corrected chi connectivity index (χ4v) is 3.85. The molecule has 114 valence electrons. The van der Waals surface area contributed by atoms with Gasteiger partial charge < -0.3 is 5.32 Å². The van der Waals surface area contributed by atoms with Gasteiger partial charge in [0.15, 0.2) is 0 Å². The zero-order chi connectivity index (χ0) is 14.3. The first-order valence-corrected chi connectivity index (χ1v) is 8.85. The summed E-state index contributed by atoms with van der Waals surface area (Å²) in [6, 6.07) is 1.53. The van der Waals surface area contributed by atoms with Crippen molar-refractivity contribution in [2.24, 2.45) is 11.3 Å². The maximum absolute atomic E-state index is 3.90. The second-order valence-corrected chi connectivity index (χ2v) is 6.94. The lowest BCUT2D eigenvalue weighted by molar-refractivity contribution is 0.149. The van der Waals surface area contributed by atoms with Crippen molar-refractivity contribution in [2.75, 3.05) is 0 Å². The van der Waals surface area contributed by atoms with Crippen LogP contribution in [0.3, 0.4) is 0 Å². The first-order valence-electron chi connectivity index (χ1n) is 8.85. The highest BCUT2D eigenvalue weighted by atomic mass is 14.9. The van der Waals surface area contributed by atoms with Crippen LogP contribution < -0.4 is 5.32 Å². The molecular weight excluding hydrogens is 230 g/mol. The monoisotopic (exact) mass is 267 g/mol. The fourth-order valence-electron chi connectivity index (χ4n) is 3.85. The van der Waals surface area contributed by atoms with E-state index in [1.165, 1.54) is 57.8 Å². The number of hydrogen-bond acceptors (Lipinski definition) is 1. The minimum atomic E-state index is 0.587. The van der Waals surface area contributed by atoms with Gasteiger partial charge in [-0.1, -0.05) is 53.9 Å². The molecule has 1 heteroatoms. The lowest BCUT2D eigenvalue weighted by atomic mass is 9.70. The Morgan fingerprint density at radius 1 is 0.947 bits per heavy atom. The average Bonchev–Trinajstić information content (AvgIpc) is 2.69. The Labute approximate surface area is 121 Å². The summed E-state index contributed by atoms with van der Waals surface area (Å²) in [7, 11) is 0. The molecule has 1 nitrogen and oxygen atoms in total. The number of hydrogen-bond donors (Lipinski definition) is 1. The molecule has 1 aliphatic rings. The summed E-state index contributed by atoms with van der Waals surface area (Å²) in [4.78, 5) is 0. The summed E-state index contributed by atoms with van der Waals surface area (Å²) in [6.45, 7) is 11.9. The molecule has 0 amide bonds. The van der Waals surface area contributed by atoms with Crippen LogP contribution in [0.25, 0.3) is 0 Å². The van der Waals surface area contributed by atoms with Crippen molar-refractivity contribution >= 4 is 0 Å². The van der Waals surface area contributed by atoms with Crippen LogP contribution in [-0.2, 0) is 0 Å². The second-order valence-electron chi connectivity index (χ2n) is 6.94. The van der Waals surface area contributed by atoms with Crippen LogP contribution in [0.1, 0.15) is 92.4 Å². The van der Waals surface area contributed by atoms with Gasteiger partial charge in [-0.15, -0.1) is 0 Å². The van der Waals surface area contributed by atoms with Crippen molar-refractivity contribution in [3.8, 4) is 0 Å². The first kappa shape index (κ1) is 17.0. The van der Waals surface area contributed by atoms with Crippen LogP contribution in [0.2, 0.25) is 0 Å². The van der Waals surface area contributed by atoms with E-state index in [1.807, 2.05) is 0 Å². The topological polar surface area (TPSA) is 12.0 Å². The molecule has 1 fully saturated rings. The Morgan fingerprint density at radius 2 is 1.58 bits per heavy atom. The Bertz CT molecular complexity index is 228. The molecule has 0 aromatic rings. The summed E-state index contributed by atoms with van der Waals surface area (Å²) in [5.74, 6) is 0.955. The van der Waals surface area contributed by atoms with Crippen molar-refractivity contribution in [1.29, 1.82) is 0 Å². The fraction of sp³-hybridized carbons (Fsp3) is 1.00. The van der Waals surface area contributed by atoms with E-state index >= 15 is 0 Å². The van der Waals surface area contributed by atoms with E-state index in [9.17, 15) is 0 Å². The summed E-state index contributed by atoms with van der Waals surface area (Å²) in [6.07, 6.45) is 12.4. The lowest BCUT2D eigenvalue weighted by Crippen LogP contribution is -2.37. The minimum Gasteiger partial charge on any atom is -0.311 e. The molecule has 1 rings (SSSR count). The highest BCUT2D eigenvalue weighted by molar-refractivity contribution is 4.85. The molecular formula is C18H37N. The Kier molecular flexibility index (Phi) is 7.42. The molecule has 0 saturated heterocycles. The molecule has 1 saturated carbocycles. The molecule has 1 aliphatic carbocycles. The van der Waals surface area contributed by atoms with Crippen molar-refractivity contribution < 1.29 is 0 Å². The molecule has 0 heterocycles. The van der Waals surface area contributed by atoms with Crippen LogP contribution in [0.5, 0.6) is 0 Å². The maximum atomic E-state index is 3.90. The molecule has 0 spiro atoms. The van der Waals surface area contributed by atoms with Gasteiger partial charge in [0.25, 0.3) is 0 Å². The van der Waals surface area contributed by atoms with Gasteiger partial charge in [-0.3, -0.25) is 0 Å². The van der Waals surface area contributed by atoms with Gasteiger partial charge in [0.05, 0.1) is 0 Å². The van der Waals surface area contributed by atoms with Crippen molar-refractivity contribution in [1.82, 2.24) is 5.32 Å². The molecule has 0 aliphatic heterocycles. The van der Waals surface area contributed by atoms with E-state index in [4.69, 9.17) is 0 Å². The zero-order valence-electron chi connectivity index (χ0n) is 14.1. The predicted octanol–water partition coefficient (Wildman–Crippen LogP) is 5.54. The zero-order valence-corrected chi connectivity index (χ0v) is 14.1. The molecule has 1 N–H and O–H groups in total. The highest BCUT2D eigenvalue weighted by Gasteiger charge is 2.32. The third kappa shape index (κ3) is 4.77. The van der Waals surface area contributed by atoms with E-state index in [-0.39, 0.29) is 0 Å². The number of rotatable bonds is 7. The lowest BCUT2D eigenvalue weighted by Gasteiger charge is -2.36. The molecule has 0 aromatic carbocycles. The summed E-state index contributed by atoms with van der Waals surface area (Å²) in [5.41, 5.74) is 0.587. The SMILES string of the molecule is CCC(CC)NC1CCCC(C(C)(CC)CC)CC1. The smallest absolute Gasteiger partial charge is 0.00697 e. The third-order valence-electron chi connectivity index (χ3n) is 6.03. The van der Waals surface area contributed by atoms with E-state index in [0.29, 0.717) is 5.41 Å². The summed E-state index contributed by atoms with van der Waals surface area (Å²) in [5, 5.41) is 3.90. The van der Waals surface area contributed by atoms with Gasteiger partial charge in [0, 0.05) is 12.1 Å². The Morgan fingerprint density at radius 3 is 2.11 bits per heavy atom. The van der Waals surface area contributed by atoms with Crippen LogP contribution >= 0.6 is 0 Å². The molecule has 2 atom stereocenters. The molecule has 2 unspecified atom stereocenters. The standard InChI is InChI=1S/C18H37N/c1-6-16(7-2)19-17-12-10-11-15(13-14-17)18(5,8-3)9-4/h15-17,19H,6-14H2,1-5H3. The highest BCUT2D eigenvalue weighted by Crippen LogP contribution is 2.42. The van der Waals surface area contributed by atoms with Gasteiger partial charge in [-0.05, 0) is 49.9 Å². The third-order valence-corrected chi connectivity index (χ3v) is 6.03. The molecule has 0 aromatic heterocycles. The van der Waals surface area contributed by atoms with Crippen LogP contribution in [0.4, 0.5) is 0 Å². The van der Waals surface area contributed by atoms with Crippen LogP contribution in [0.15, 0.2) is 0 Å². The maximum Gasteiger partial charge on any atom is 0.00697 e. The van der Waals surface area contributed by atoms with Crippen molar-refractivity contribution in [3.05, 3.63) is 0 Å². The van der Waals surface area contributed by atoms with Gasteiger partial charge in [0.2, 0.25) is 0 Å². The minimum absolute atomic E-state index is 0.587. The first-order chi connectivity index (χ1) is 9.09. The van der Waals surface area contributed by atoms with Gasteiger partial charge >= 0.3 is 0 Å². The van der Waals surface area contributed by atoms with Crippen LogP contribution in [-0.4, -0.2) is 12.1 Å². The summed E-state index contributed by atoms with van der Waals surface area (Å²) < 4.78 is 0. The quantitative estimate of drug-likeness (QED) is 0.597. The largest absolute Gasteiger partial charge is 0.311 e. The Balaban J connectivity index is 2.51. The summed E-state index contributed by atoms with van der Waals surface area (Å²) >= 11 is 0. The van der Waals surface area contributed by atoms with Gasteiger partial charge in [0.1, 0.15) is 0 Å². The normalized spacial score (nSPS) is 25.6. The molecule has 19 heavy (non-hydrogen) atoms. The van der Waals surface area contributed by atoms with Gasteiger partial charge in [-0.2, -0.15) is 0 Å². The van der Waals surface area contributed by atoms with Crippen LogP contribution in [0, 0.1) is 11.3 Å². The molecule has 0 radical (unpaired) electrons. The van der Waals surface area contributed by atoms with Crippen molar-refractivity contribution in [2.45, 2.75) is 104 Å². The molecule has 0 bridgehead atoms. The Hall–Kier alpha value is -0.0400. The number of nitrogens with one attached hydrogen (secondary N) is 1. The van der Waals surface area contributed by atoms with Gasteiger partial charge in [-0.25, -0.2) is 0 Å². The second kappa shape index (κ2) is 8.29. The van der Waals surface area contributed by atoms with E-state index in [0.717, 1.165) is 18.0 Å². The van der Waals surface area contributed by atoms with E-state index in [2.05, 4.69) is 39.9 Å². The predicted molar refractivity (Wildman–Crippen MR) is 86.6 cm³/mol. The van der Waals surface area contributed by atoms with Crippen molar-refractivity contribution in [3.63, 3.8) is 0 Å². The average molecular weight is 268 g/mol. The van der Waals surface area contributed by atoms with E-state index < -0.39 is 0 Å². The van der Waals surface area contributed by atoms with E-state index in [1.54, 1.807) is 0 Å².